The first-order valence-electron chi connectivity index (χ1n) is 11.1. The number of likely N-dealkylation sites (N-methyl/N-ethyl adjacent to an activating group) is 1. The first-order valence-corrected chi connectivity index (χ1v) is 11.1. The molecule has 1 fully saturated rings. The highest BCUT2D eigenvalue weighted by atomic mass is 16.2. The lowest BCUT2D eigenvalue weighted by Gasteiger charge is -2.23. The highest BCUT2D eigenvalue weighted by Gasteiger charge is 2.26. The molecule has 8 nitrogen and oxygen atoms in total. The highest BCUT2D eigenvalue weighted by molar-refractivity contribution is 5.94. The van der Waals surface area contributed by atoms with E-state index in [0.29, 0.717) is 13.1 Å². The van der Waals surface area contributed by atoms with Gasteiger partial charge in [0.1, 0.15) is 13.1 Å². The first kappa shape index (κ1) is 24.8. The maximum atomic E-state index is 12.6. The summed E-state index contributed by atoms with van der Waals surface area (Å²) in [7, 11) is 1.67. The van der Waals surface area contributed by atoms with Gasteiger partial charge in [0.05, 0.1) is 19.6 Å². The summed E-state index contributed by atoms with van der Waals surface area (Å²) in [6, 6.07) is 7.58. The summed E-state index contributed by atoms with van der Waals surface area (Å²) in [5, 5.41) is 5.85. The number of hydrogen-bond acceptors (Lipinski definition) is 3. The lowest BCUT2D eigenvalue weighted by atomic mass is 10.1. The smallest absolute Gasteiger partial charge is 0.277 e. The minimum absolute atomic E-state index is 0.0321. The average Bonchev–Trinajstić information content (AvgIpc) is 2.87. The van der Waals surface area contributed by atoms with Crippen LogP contribution in [0.2, 0.25) is 0 Å². The van der Waals surface area contributed by atoms with Crippen molar-refractivity contribution in [2.24, 2.45) is 0 Å². The summed E-state index contributed by atoms with van der Waals surface area (Å²) in [5.74, 6) is -0.171. The van der Waals surface area contributed by atoms with Crippen molar-refractivity contribution < 1.29 is 24.2 Å². The van der Waals surface area contributed by atoms with Gasteiger partial charge < -0.3 is 25.3 Å². The SMILES string of the molecule is Cc1ccc(NC(=O)CN(C)C(=O)C[NH+]2CCC[NH+](CC(=O)NC(C)(C)C)CC2)cc1. The van der Waals surface area contributed by atoms with Gasteiger partial charge in [0.2, 0.25) is 5.91 Å². The summed E-state index contributed by atoms with van der Waals surface area (Å²) < 4.78 is 0. The third kappa shape index (κ3) is 9.48. The molecule has 2 unspecified atom stereocenters. The second-order valence-corrected chi connectivity index (χ2v) is 9.67. The molecule has 1 aromatic rings. The van der Waals surface area contributed by atoms with Crippen LogP contribution in [0.5, 0.6) is 0 Å². The van der Waals surface area contributed by atoms with Gasteiger partial charge >= 0.3 is 0 Å². The fourth-order valence-electron chi connectivity index (χ4n) is 3.72. The molecule has 1 heterocycles. The maximum Gasteiger partial charge on any atom is 0.277 e. The van der Waals surface area contributed by atoms with E-state index in [0.717, 1.165) is 43.9 Å². The predicted molar refractivity (Wildman–Crippen MR) is 121 cm³/mol. The van der Waals surface area contributed by atoms with E-state index in [2.05, 4.69) is 10.6 Å². The average molecular weight is 434 g/mol. The quantitative estimate of drug-likeness (QED) is 0.421. The molecular formula is C23H39N5O3+2. The van der Waals surface area contributed by atoms with Gasteiger partial charge in [0.15, 0.2) is 13.1 Å². The van der Waals surface area contributed by atoms with Crippen molar-refractivity contribution in [3.8, 4) is 0 Å². The molecule has 1 aliphatic heterocycles. The highest BCUT2D eigenvalue weighted by Crippen LogP contribution is 2.08. The number of rotatable bonds is 7. The molecule has 0 bridgehead atoms. The van der Waals surface area contributed by atoms with Crippen molar-refractivity contribution in [2.75, 3.05) is 58.2 Å². The number of benzene rings is 1. The van der Waals surface area contributed by atoms with Crippen molar-refractivity contribution in [1.29, 1.82) is 0 Å². The van der Waals surface area contributed by atoms with Gasteiger partial charge in [0, 0.05) is 24.7 Å². The number of carbonyl (C=O) groups is 3. The molecule has 3 amide bonds. The molecule has 2 atom stereocenters. The van der Waals surface area contributed by atoms with E-state index in [9.17, 15) is 14.4 Å². The molecule has 0 aromatic heterocycles. The fraction of sp³-hybridized carbons (Fsp3) is 0.609. The lowest BCUT2D eigenvalue weighted by molar-refractivity contribution is -0.930. The van der Waals surface area contributed by atoms with Crippen LogP contribution in [0.3, 0.4) is 0 Å². The van der Waals surface area contributed by atoms with E-state index in [1.54, 1.807) is 7.05 Å². The predicted octanol–water partition coefficient (Wildman–Crippen LogP) is -1.52. The van der Waals surface area contributed by atoms with Crippen LogP contribution in [0.1, 0.15) is 32.8 Å². The van der Waals surface area contributed by atoms with Gasteiger partial charge in [-0.1, -0.05) is 17.7 Å². The number of hydrogen-bond donors (Lipinski definition) is 4. The minimum atomic E-state index is -0.220. The molecule has 31 heavy (non-hydrogen) atoms. The second-order valence-electron chi connectivity index (χ2n) is 9.67. The van der Waals surface area contributed by atoms with Crippen molar-refractivity contribution >= 4 is 23.4 Å². The Bertz CT molecular complexity index is 757. The Hall–Kier alpha value is -2.45. The van der Waals surface area contributed by atoms with E-state index in [1.807, 2.05) is 52.0 Å². The fourth-order valence-corrected chi connectivity index (χ4v) is 3.72. The summed E-state index contributed by atoms with van der Waals surface area (Å²) in [6.07, 6.45) is 0.971. The zero-order chi connectivity index (χ0) is 23.0. The third-order valence-electron chi connectivity index (χ3n) is 5.36. The Kier molecular flexibility index (Phi) is 9.00. The van der Waals surface area contributed by atoms with Crippen LogP contribution < -0.4 is 20.4 Å². The molecule has 0 spiro atoms. The zero-order valence-electron chi connectivity index (χ0n) is 19.6. The van der Waals surface area contributed by atoms with E-state index in [4.69, 9.17) is 0 Å². The summed E-state index contributed by atoms with van der Waals surface area (Å²) in [5.41, 5.74) is 1.64. The molecule has 0 radical (unpaired) electrons. The minimum Gasteiger partial charge on any atom is -0.347 e. The van der Waals surface area contributed by atoms with Gasteiger partial charge in [-0.3, -0.25) is 14.4 Å². The molecule has 2 rings (SSSR count). The Morgan fingerprint density at radius 3 is 2.10 bits per heavy atom. The van der Waals surface area contributed by atoms with E-state index >= 15 is 0 Å². The molecule has 4 N–H and O–H groups in total. The normalized spacial score (nSPS) is 19.3. The molecular weight excluding hydrogens is 394 g/mol. The molecule has 172 valence electrons. The topological polar surface area (TPSA) is 87.4 Å². The van der Waals surface area contributed by atoms with Crippen LogP contribution in [-0.4, -0.2) is 81.0 Å². The van der Waals surface area contributed by atoms with E-state index in [-0.39, 0.29) is 29.8 Å². The van der Waals surface area contributed by atoms with Crippen LogP contribution in [0.15, 0.2) is 24.3 Å². The maximum absolute atomic E-state index is 12.6. The number of nitrogens with zero attached hydrogens (tertiary/aromatic N) is 1. The van der Waals surface area contributed by atoms with Gasteiger partial charge in [-0.05, 0) is 39.8 Å². The lowest BCUT2D eigenvalue weighted by Crippen LogP contribution is -3.18. The molecule has 0 aliphatic carbocycles. The largest absolute Gasteiger partial charge is 0.347 e. The molecule has 1 aromatic carbocycles. The standard InChI is InChI=1S/C23H37N5O3/c1-18-7-9-19(10-8-18)24-20(29)15-26(5)22(31)17-28-12-6-11-27(13-14-28)16-21(30)25-23(2,3)4/h7-10H,6,11-17H2,1-5H3,(H,24,29)(H,25,30)/p+2. The second kappa shape index (κ2) is 11.2. The Balaban J connectivity index is 1.75. The monoisotopic (exact) mass is 433 g/mol. The molecule has 8 heteroatoms. The number of amides is 3. The molecule has 1 aliphatic rings. The Labute approximate surface area is 185 Å². The molecule has 0 saturated carbocycles. The van der Waals surface area contributed by atoms with E-state index < -0.39 is 0 Å². The number of anilines is 1. The number of aryl methyl sites for hydroxylation is 1. The molecule has 1 saturated heterocycles. The first-order chi connectivity index (χ1) is 14.5. The Morgan fingerprint density at radius 2 is 1.52 bits per heavy atom. The van der Waals surface area contributed by atoms with Crippen LogP contribution in [0.25, 0.3) is 0 Å². The van der Waals surface area contributed by atoms with Crippen molar-refractivity contribution in [1.82, 2.24) is 10.2 Å². The van der Waals surface area contributed by atoms with E-state index in [1.165, 1.54) is 14.7 Å². The van der Waals surface area contributed by atoms with Crippen LogP contribution >= 0.6 is 0 Å². The van der Waals surface area contributed by atoms with Crippen molar-refractivity contribution in [3.05, 3.63) is 29.8 Å². The Morgan fingerprint density at radius 1 is 0.935 bits per heavy atom. The van der Waals surface area contributed by atoms with Gasteiger partial charge in [-0.15, -0.1) is 0 Å². The van der Waals surface area contributed by atoms with Gasteiger partial charge in [-0.2, -0.15) is 0 Å². The van der Waals surface area contributed by atoms with Gasteiger partial charge in [0.25, 0.3) is 11.8 Å². The van der Waals surface area contributed by atoms with Crippen LogP contribution in [0.4, 0.5) is 5.69 Å². The third-order valence-corrected chi connectivity index (χ3v) is 5.36. The number of nitrogens with one attached hydrogen (secondary N) is 4. The summed E-state index contributed by atoms with van der Waals surface area (Å²) in [4.78, 5) is 41.0. The summed E-state index contributed by atoms with van der Waals surface area (Å²) >= 11 is 0. The number of quaternary nitrogens is 2. The van der Waals surface area contributed by atoms with Crippen LogP contribution in [-0.2, 0) is 14.4 Å². The van der Waals surface area contributed by atoms with Crippen molar-refractivity contribution in [2.45, 2.75) is 39.7 Å². The summed E-state index contributed by atoms with van der Waals surface area (Å²) in [6.45, 7) is 12.4. The van der Waals surface area contributed by atoms with Gasteiger partial charge in [-0.25, -0.2) is 0 Å². The van der Waals surface area contributed by atoms with Crippen molar-refractivity contribution in [3.63, 3.8) is 0 Å². The zero-order valence-corrected chi connectivity index (χ0v) is 19.6. The number of carbonyl (C=O) groups excluding carboxylic acids is 3. The van der Waals surface area contributed by atoms with Crippen LogP contribution in [0, 0.1) is 6.92 Å².